The van der Waals surface area contributed by atoms with Gasteiger partial charge in [0, 0.05) is 11.3 Å². The average molecular weight is 251 g/mol. The van der Waals surface area contributed by atoms with Crippen molar-refractivity contribution < 1.29 is 4.79 Å². The minimum atomic E-state index is -0.234. The van der Waals surface area contributed by atoms with Gasteiger partial charge in [-0.15, -0.1) is 0 Å². The molecule has 0 atom stereocenters. The highest BCUT2D eigenvalue weighted by Gasteiger charge is 2.07. The third kappa shape index (κ3) is 3.17. The van der Waals surface area contributed by atoms with Crippen molar-refractivity contribution in [2.24, 2.45) is 0 Å². The number of amides is 1. The molecule has 0 saturated carbocycles. The van der Waals surface area contributed by atoms with Crippen molar-refractivity contribution >= 4 is 11.7 Å². The van der Waals surface area contributed by atoms with Crippen LogP contribution in [0.3, 0.4) is 0 Å². The Bertz CT molecular complexity index is 634. The summed E-state index contributed by atoms with van der Waals surface area (Å²) >= 11 is 0. The summed E-state index contributed by atoms with van der Waals surface area (Å²) in [4.78, 5) is 16.3. The van der Waals surface area contributed by atoms with Crippen molar-refractivity contribution in [3.05, 3.63) is 58.8 Å². The lowest BCUT2D eigenvalue weighted by Gasteiger charge is -2.06. The molecule has 1 N–H and O–H groups in total. The lowest BCUT2D eigenvalue weighted by molar-refractivity contribution is 0.102. The van der Waals surface area contributed by atoms with Gasteiger partial charge in [-0.3, -0.25) is 4.79 Å². The van der Waals surface area contributed by atoms with Crippen molar-refractivity contribution in [1.29, 1.82) is 5.26 Å². The summed E-state index contributed by atoms with van der Waals surface area (Å²) in [6.45, 7) is 3.83. The largest absolute Gasteiger partial charge is 0.307 e. The number of nitriles is 1. The zero-order valence-electron chi connectivity index (χ0n) is 10.8. The van der Waals surface area contributed by atoms with Crippen molar-refractivity contribution in [3.63, 3.8) is 0 Å². The van der Waals surface area contributed by atoms with E-state index in [1.165, 1.54) is 0 Å². The highest BCUT2D eigenvalue weighted by Crippen LogP contribution is 2.11. The number of rotatable bonds is 2. The van der Waals surface area contributed by atoms with Crippen LogP contribution < -0.4 is 5.32 Å². The lowest BCUT2D eigenvalue weighted by Crippen LogP contribution is -2.13. The van der Waals surface area contributed by atoms with Gasteiger partial charge in [-0.05, 0) is 55.8 Å². The molecule has 0 radical (unpaired) electrons. The van der Waals surface area contributed by atoms with E-state index in [4.69, 9.17) is 5.26 Å². The number of aryl methyl sites for hydroxylation is 2. The second-order valence-corrected chi connectivity index (χ2v) is 4.31. The maximum Gasteiger partial charge on any atom is 0.256 e. The molecule has 1 aromatic carbocycles. The Morgan fingerprint density at radius 2 is 1.89 bits per heavy atom. The Kier molecular flexibility index (Phi) is 3.58. The first-order chi connectivity index (χ1) is 9.08. The molecule has 4 heteroatoms. The van der Waals surface area contributed by atoms with Crippen molar-refractivity contribution in [1.82, 2.24) is 4.98 Å². The summed E-state index contributed by atoms with van der Waals surface area (Å²) in [5.41, 5.74) is 2.93. The van der Waals surface area contributed by atoms with E-state index in [0.29, 0.717) is 16.9 Å². The summed E-state index contributed by atoms with van der Waals surface area (Å²) in [6, 6.07) is 12.2. The van der Waals surface area contributed by atoms with E-state index in [0.717, 1.165) is 11.3 Å². The van der Waals surface area contributed by atoms with E-state index in [-0.39, 0.29) is 5.91 Å². The fourth-order valence-corrected chi connectivity index (χ4v) is 1.79. The molecule has 0 spiro atoms. The van der Waals surface area contributed by atoms with Crippen LogP contribution in [0.2, 0.25) is 0 Å². The molecule has 0 fully saturated rings. The zero-order chi connectivity index (χ0) is 13.8. The van der Waals surface area contributed by atoms with Gasteiger partial charge in [-0.2, -0.15) is 5.26 Å². The number of nitrogens with one attached hydrogen (secondary N) is 1. The second kappa shape index (κ2) is 5.32. The van der Waals surface area contributed by atoms with E-state index < -0.39 is 0 Å². The van der Waals surface area contributed by atoms with Gasteiger partial charge in [-0.1, -0.05) is 0 Å². The summed E-state index contributed by atoms with van der Waals surface area (Å²) < 4.78 is 0. The molecule has 94 valence electrons. The van der Waals surface area contributed by atoms with Crippen LogP contribution in [0.1, 0.15) is 27.2 Å². The SMILES string of the molecule is Cc1cc(C)nc(NC(=O)c2ccc(C#N)cc2)c1. The Hall–Kier alpha value is -2.67. The quantitative estimate of drug-likeness (QED) is 0.892. The van der Waals surface area contributed by atoms with Crippen LogP contribution >= 0.6 is 0 Å². The molecule has 4 nitrogen and oxygen atoms in total. The Morgan fingerprint density at radius 1 is 1.21 bits per heavy atom. The Morgan fingerprint density at radius 3 is 2.47 bits per heavy atom. The topological polar surface area (TPSA) is 65.8 Å². The predicted molar refractivity (Wildman–Crippen MR) is 72.8 cm³/mol. The van der Waals surface area contributed by atoms with Gasteiger partial charge in [0.25, 0.3) is 5.91 Å². The summed E-state index contributed by atoms with van der Waals surface area (Å²) in [5.74, 6) is 0.300. The van der Waals surface area contributed by atoms with Gasteiger partial charge >= 0.3 is 0 Å². The molecule has 2 rings (SSSR count). The molecule has 0 aliphatic rings. The van der Waals surface area contributed by atoms with Crippen molar-refractivity contribution in [2.45, 2.75) is 13.8 Å². The number of hydrogen-bond acceptors (Lipinski definition) is 3. The molecule has 2 aromatic rings. The fourth-order valence-electron chi connectivity index (χ4n) is 1.79. The number of hydrogen-bond donors (Lipinski definition) is 1. The van der Waals surface area contributed by atoms with Crippen LogP contribution in [0.5, 0.6) is 0 Å². The summed E-state index contributed by atoms with van der Waals surface area (Å²) in [5, 5.41) is 11.4. The van der Waals surface area contributed by atoms with Crippen molar-refractivity contribution in [3.8, 4) is 6.07 Å². The Labute approximate surface area is 111 Å². The fraction of sp³-hybridized carbons (Fsp3) is 0.133. The van der Waals surface area contributed by atoms with Crippen LogP contribution in [0.25, 0.3) is 0 Å². The summed E-state index contributed by atoms with van der Waals surface area (Å²) in [6.07, 6.45) is 0. The zero-order valence-corrected chi connectivity index (χ0v) is 10.8. The third-order valence-corrected chi connectivity index (χ3v) is 2.62. The molecule has 0 unspecified atom stereocenters. The average Bonchev–Trinajstić information content (AvgIpc) is 2.37. The molecule has 1 aromatic heterocycles. The minimum Gasteiger partial charge on any atom is -0.307 e. The van der Waals surface area contributed by atoms with Gasteiger partial charge in [0.1, 0.15) is 5.82 Å². The smallest absolute Gasteiger partial charge is 0.256 e. The van der Waals surface area contributed by atoms with Gasteiger partial charge in [0.05, 0.1) is 11.6 Å². The monoisotopic (exact) mass is 251 g/mol. The maximum absolute atomic E-state index is 12.0. The number of carbonyl (C=O) groups excluding carboxylic acids is 1. The van der Waals surface area contributed by atoms with E-state index >= 15 is 0 Å². The molecular formula is C15H13N3O. The normalized spacial score (nSPS) is 9.74. The highest BCUT2D eigenvalue weighted by atomic mass is 16.1. The van der Waals surface area contributed by atoms with Crippen LogP contribution in [-0.4, -0.2) is 10.9 Å². The van der Waals surface area contributed by atoms with Gasteiger partial charge in [0.15, 0.2) is 0 Å². The summed E-state index contributed by atoms with van der Waals surface area (Å²) in [7, 11) is 0. The predicted octanol–water partition coefficient (Wildman–Crippen LogP) is 2.82. The minimum absolute atomic E-state index is 0.234. The second-order valence-electron chi connectivity index (χ2n) is 4.31. The lowest BCUT2D eigenvalue weighted by atomic mass is 10.1. The number of pyridine rings is 1. The van der Waals surface area contributed by atoms with Crippen LogP contribution in [-0.2, 0) is 0 Å². The van der Waals surface area contributed by atoms with E-state index in [1.54, 1.807) is 24.3 Å². The first-order valence-corrected chi connectivity index (χ1v) is 5.85. The molecule has 0 aliphatic carbocycles. The number of anilines is 1. The maximum atomic E-state index is 12.0. The highest BCUT2D eigenvalue weighted by molar-refractivity contribution is 6.03. The van der Waals surface area contributed by atoms with Crippen LogP contribution in [0.4, 0.5) is 5.82 Å². The molecule has 0 aliphatic heterocycles. The molecule has 1 amide bonds. The van der Waals surface area contributed by atoms with E-state index in [2.05, 4.69) is 10.3 Å². The van der Waals surface area contributed by atoms with Crippen molar-refractivity contribution in [2.75, 3.05) is 5.32 Å². The van der Waals surface area contributed by atoms with E-state index in [9.17, 15) is 4.79 Å². The number of carbonyl (C=O) groups is 1. The third-order valence-electron chi connectivity index (χ3n) is 2.62. The van der Waals surface area contributed by atoms with Gasteiger partial charge < -0.3 is 5.32 Å². The van der Waals surface area contributed by atoms with E-state index in [1.807, 2.05) is 32.0 Å². The number of benzene rings is 1. The molecule has 0 saturated heterocycles. The first kappa shape index (κ1) is 12.8. The Balaban J connectivity index is 2.18. The standard InChI is InChI=1S/C15H13N3O/c1-10-7-11(2)17-14(8-10)18-15(19)13-5-3-12(9-16)4-6-13/h3-8H,1-2H3,(H,17,18,19). The van der Waals surface area contributed by atoms with Gasteiger partial charge in [-0.25, -0.2) is 4.98 Å². The van der Waals surface area contributed by atoms with Gasteiger partial charge in [0.2, 0.25) is 0 Å². The first-order valence-electron chi connectivity index (χ1n) is 5.85. The number of aromatic nitrogens is 1. The molecular weight excluding hydrogens is 238 g/mol. The molecule has 19 heavy (non-hydrogen) atoms. The van der Waals surface area contributed by atoms with Crippen LogP contribution in [0.15, 0.2) is 36.4 Å². The van der Waals surface area contributed by atoms with Crippen LogP contribution in [0, 0.1) is 25.2 Å². The molecule has 0 bridgehead atoms. The molecule has 1 heterocycles. The number of nitrogens with zero attached hydrogens (tertiary/aromatic N) is 2.